The summed E-state index contributed by atoms with van der Waals surface area (Å²) < 4.78 is 0. The first-order chi connectivity index (χ1) is 7.00. The van der Waals surface area contributed by atoms with E-state index in [9.17, 15) is 0 Å². The normalized spacial score (nSPS) is 13.2. The molecule has 15 heavy (non-hydrogen) atoms. The van der Waals surface area contributed by atoms with Gasteiger partial charge in [-0.3, -0.25) is 0 Å². The van der Waals surface area contributed by atoms with Gasteiger partial charge in [0.1, 0.15) is 0 Å². The minimum absolute atomic E-state index is 0.374. The van der Waals surface area contributed by atoms with E-state index in [1.807, 2.05) is 18.2 Å². The molecule has 1 atom stereocenters. The van der Waals surface area contributed by atoms with E-state index in [4.69, 9.17) is 23.2 Å². The Hall–Kier alpha value is -0.240. The third-order valence-corrected chi connectivity index (χ3v) is 2.90. The van der Waals surface area contributed by atoms with Gasteiger partial charge < -0.3 is 5.32 Å². The first-order valence-corrected chi connectivity index (χ1v) is 5.94. The van der Waals surface area contributed by atoms with Gasteiger partial charge in [0.25, 0.3) is 0 Å². The Labute approximate surface area is 102 Å². The highest BCUT2D eigenvalue weighted by Gasteiger charge is 2.10. The van der Waals surface area contributed by atoms with Crippen molar-refractivity contribution in [3.63, 3.8) is 0 Å². The number of halogens is 2. The van der Waals surface area contributed by atoms with Crippen molar-refractivity contribution in [1.29, 1.82) is 0 Å². The second-order valence-corrected chi connectivity index (χ2v) is 4.97. The maximum atomic E-state index is 6.12. The zero-order valence-corrected chi connectivity index (χ0v) is 10.9. The molecule has 0 saturated carbocycles. The summed E-state index contributed by atoms with van der Waals surface area (Å²) in [5, 5.41) is 4.92. The van der Waals surface area contributed by atoms with Crippen LogP contribution in [-0.2, 0) is 0 Å². The van der Waals surface area contributed by atoms with E-state index >= 15 is 0 Å². The first-order valence-electron chi connectivity index (χ1n) is 5.19. The van der Waals surface area contributed by atoms with E-state index in [1.165, 1.54) is 0 Å². The fraction of sp³-hybridized carbons (Fsp3) is 0.500. The summed E-state index contributed by atoms with van der Waals surface area (Å²) in [6.07, 6.45) is 0. The predicted molar refractivity (Wildman–Crippen MR) is 68.0 cm³/mol. The molecule has 1 unspecified atom stereocenters. The van der Waals surface area contributed by atoms with Crippen LogP contribution in [0.4, 0.5) is 0 Å². The highest BCUT2D eigenvalue weighted by molar-refractivity contribution is 6.33. The third-order valence-electron chi connectivity index (χ3n) is 2.32. The van der Waals surface area contributed by atoms with Crippen LogP contribution in [0.1, 0.15) is 32.3 Å². The van der Waals surface area contributed by atoms with Gasteiger partial charge >= 0.3 is 0 Å². The number of benzene rings is 1. The Morgan fingerprint density at radius 1 is 1.20 bits per heavy atom. The molecule has 1 nitrogen and oxygen atoms in total. The molecule has 1 N–H and O–H groups in total. The van der Waals surface area contributed by atoms with Gasteiger partial charge in [0.2, 0.25) is 0 Å². The second kappa shape index (κ2) is 5.74. The van der Waals surface area contributed by atoms with Crippen LogP contribution in [0.5, 0.6) is 0 Å². The molecule has 1 aromatic carbocycles. The molecule has 0 heterocycles. The molecule has 1 aromatic rings. The maximum absolute atomic E-state index is 6.12. The summed E-state index contributed by atoms with van der Waals surface area (Å²) in [5.74, 6) is 0.374. The van der Waals surface area contributed by atoms with E-state index in [1.54, 1.807) is 0 Å². The van der Waals surface area contributed by atoms with Gasteiger partial charge in [-0.2, -0.15) is 0 Å². The summed E-state index contributed by atoms with van der Waals surface area (Å²) in [6, 6.07) is 6.10. The molecular formula is C12H17Cl2N. The third kappa shape index (κ3) is 4.02. The molecule has 0 bridgehead atoms. The molecule has 84 valence electrons. The first kappa shape index (κ1) is 12.8. The SMILES string of the molecule is CC(C)NCC(C)c1cc(Cl)ccc1Cl. The number of hydrogen-bond acceptors (Lipinski definition) is 1. The Morgan fingerprint density at radius 3 is 2.47 bits per heavy atom. The lowest BCUT2D eigenvalue weighted by Gasteiger charge is -2.16. The highest BCUT2D eigenvalue weighted by Crippen LogP contribution is 2.27. The fourth-order valence-corrected chi connectivity index (χ4v) is 1.90. The number of hydrogen-bond donors (Lipinski definition) is 1. The minimum Gasteiger partial charge on any atom is -0.314 e. The van der Waals surface area contributed by atoms with Crippen LogP contribution in [0.15, 0.2) is 18.2 Å². The zero-order valence-electron chi connectivity index (χ0n) is 9.35. The summed E-state index contributed by atoms with van der Waals surface area (Å²) in [4.78, 5) is 0. The molecule has 0 aliphatic heterocycles. The van der Waals surface area contributed by atoms with Crippen LogP contribution in [0, 0.1) is 0 Å². The topological polar surface area (TPSA) is 12.0 Å². The van der Waals surface area contributed by atoms with Crippen molar-refractivity contribution in [3.05, 3.63) is 33.8 Å². The fourth-order valence-electron chi connectivity index (χ4n) is 1.41. The van der Waals surface area contributed by atoms with Crippen molar-refractivity contribution in [1.82, 2.24) is 5.32 Å². The van der Waals surface area contributed by atoms with Gasteiger partial charge in [0.05, 0.1) is 0 Å². The van der Waals surface area contributed by atoms with Gasteiger partial charge in [0, 0.05) is 22.6 Å². The van der Waals surface area contributed by atoms with Crippen LogP contribution in [0.2, 0.25) is 10.0 Å². The Kier molecular flexibility index (Phi) is 4.91. The maximum Gasteiger partial charge on any atom is 0.0442 e. The molecule has 0 fully saturated rings. The molecule has 3 heteroatoms. The molecule has 1 rings (SSSR count). The van der Waals surface area contributed by atoms with Gasteiger partial charge in [-0.05, 0) is 29.7 Å². The smallest absolute Gasteiger partial charge is 0.0442 e. The molecule has 0 spiro atoms. The van der Waals surface area contributed by atoms with Crippen LogP contribution in [0.25, 0.3) is 0 Å². The Balaban J connectivity index is 2.72. The van der Waals surface area contributed by atoms with Gasteiger partial charge in [0.15, 0.2) is 0 Å². The highest BCUT2D eigenvalue weighted by atomic mass is 35.5. The predicted octanol–water partition coefficient (Wildman–Crippen LogP) is 4.09. The Bertz CT molecular complexity index is 323. The summed E-state index contributed by atoms with van der Waals surface area (Å²) in [5.41, 5.74) is 1.11. The molecule has 0 aliphatic carbocycles. The van der Waals surface area contributed by atoms with Crippen LogP contribution in [0.3, 0.4) is 0 Å². The van der Waals surface area contributed by atoms with Crippen molar-refractivity contribution >= 4 is 23.2 Å². The van der Waals surface area contributed by atoms with Crippen molar-refractivity contribution < 1.29 is 0 Å². The van der Waals surface area contributed by atoms with E-state index in [0.717, 1.165) is 22.2 Å². The van der Waals surface area contributed by atoms with Crippen molar-refractivity contribution in [2.45, 2.75) is 32.7 Å². The molecule has 0 radical (unpaired) electrons. The van der Waals surface area contributed by atoms with Crippen LogP contribution >= 0.6 is 23.2 Å². The molecular weight excluding hydrogens is 229 g/mol. The van der Waals surface area contributed by atoms with Gasteiger partial charge in [-0.15, -0.1) is 0 Å². The number of rotatable bonds is 4. The molecule has 0 amide bonds. The van der Waals surface area contributed by atoms with E-state index in [2.05, 4.69) is 26.1 Å². The lowest BCUT2D eigenvalue weighted by Crippen LogP contribution is -2.27. The van der Waals surface area contributed by atoms with Gasteiger partial charge in [-0.25, -0.2) is 0 Å². The van der Waals surface area contributed by atoms with E-state index in [0.29, 0.717) is 12.0 Å². The summed E-state index contributed by atoms with van der Waals surface area (Å²) in [6.45, 7) is 7.32. The number of nitrogens with one attached hydrogen (secondary N) is 1. The quantitative estimate of drug-likeness (QED) is 0.843. The van der Waals surface area contributed by atoms with Crippen LogP contribution in [-0.4, -0.2) is 12.6 Å². The van der Waals surface area contributed by atoms with E-state index < -0.39 is 0 Å². The summed E-state index contributed by atoms with van der Waals surface area (Å²) in [7, 11) is 0. The average molecular weight is 246 g/mol. The molecule has 0 saturated heterocycles. The van der Waals surface area contributed by atoms with Gasteiger partial charge in [-0.1, -0.05) is 44.0 Å². The molecule has 0 aliphatic rings. The summed E-state index contributed by atoms with van der Waals surface area (Å²) >= 11 is 12.1. The standard InChI is InChI=1S/C12H17Cl2N/c1-8(2)15-7-9(3)11-6-10(13)4-5-12(11)14/h4-6,8-9,15H,7H2,1-3H3. The van der Waals surface area contributed by atoms with Crippen molar-refractivity contribution in [2.24, 2.45) is 0 Å². The largest absolute Gasteiger partial charge is 0.314 e. The zero-order chi connectivity index (χ0) is 11.4. The lowest BCUT2D eigenvalue weighted by atomic mass is 10.0. The monoisotopic (exact) mass is 245 g/mol. The minimum atomic E-state index is 0.374. The lowest BCUT2D eigenvalue weighted by molar-refractivity contribution is 0.548. The molecule has 0 aromatic heterocycles. The Morgan fingerprint density at radius 2 is 1.87 bits per heavy atom. The van der Waals surface area contributed by atoms with Crippen molar-refractivity contribution in [3.8, 4) is 0 Å². The van der Waals surface area contributed by atoms with Crippen LogP contribution < -0.4 is 5.32 Å². The second-order valence-electron chi connectivity index (χ2n) is 4.13. The van der Waals surface area contributed by atoms with Crippen molar-refractivity contribution in [2.75, 3.05) is 6.54 Å². The van der Waals surface area contributed by atoms with E-state index in [-0.39, 0.29) is 0 Å². The average Bonchev–Trinajstić information content (AvgIpc) is 2.18.